The lowest BCUT2D eigenvalue weighted by Gasteiger charge is -2.30. The normalized spacial score (nSPS) is 11.9. The van der Waals surface area contributed by atoms with Crippen molar-refractivity contribution in [2.45, 2.75) is 0 Å². The highest BCUT2D eigenvalue weighted by Crippen LogP contribution is 2.42. The van der Waals surface area contributed by atoms with Crippen molar-refractivity contribution in [1.82, 2.24) is 0 Å². The van der Waals surface area contributed by atoms with Gasteiger partial charge in [-0.1, -0.05) is 82.8 Å². The molecule has 3 aromatic carbocycles. The SMILES string of the molecule is CN(C(=N)N(C)c1ccc2c3c(cccc13)C=C2)c1cc(Cl)c(Cl)c(Cl)c1Cl. The topological polar surface area (TPSA) is 30.3 Å². The molecule has 0 amide bonds. The lowest BCUT2D eigenvalue weighted by Crippen LogP contribution is -2.40. The highest BCUT2D eigenvalue weighted by molar-refractivity contribution is 6.53. The molecule has 1 aliphatic rings. The molecule has 0 saturated heterocycles. The van der Waals surface area contributed by atoms with E-state index in [1.54, 1.807) is 22.9 Å². The highest BCUT2D eigenvalue weighted by atomic mass is 35.5. The molecular weight excluding hydrogens is 436 g/mol. The summed E-state index contributed by atoms with van der Waals surface area (Å²) in [5.74, 6) is 0.211. The van der Waals surface area contributed by atoms with Gasteiger partial charge in [-0.2, -0.15) is 0 Å². The fourth-order valence-corrected chi connectivity index (χ4v) is 4.37. The number of hydrogen-bond donors (Lipinski definition) is 1. The fraction of sp³-hybridized carbons (Fsp3) is 0.0952. The second kappa shape index (κ2) is 7.16. The van der Waals surface area contributed by atoms with Crippen molar-refractivity contribution in [2.24, 2.45) is 0 Å². The summed E-state index contributed by atoms with van der Waals surface area (Å²) in [7, 11) is 3.58. The van der Waals surface area contributed by atoms with Gasteiger partial charge in [0.2, 0.25) is 5.96 Å². The van der Waals surface area contributed by atoms with Gasteiger partial charge in [-0.25, -0.2) is 0 Å². The van der Waals surface area contributed by atoms with Crippen molar-refractivity contribution in [3.05, 3.63) is 67.6 Å². The van der Waals surface area contributed by atoms with Crippen molar-refractivity contribution < 1.29 is 0 Å². The van der Waals surface area contributed by atoms with Crippen LogP contribution in [0, 0.1) is 5.41 Å². The van der Waals surface area contributed by atoms with E-state index in [9.17, 15) is 0 Å². The molecule has 3 aromatic rings. The molecule has 0 unspecified atom stereocenters. The number of nitrogens with zero attached hydrogens (tertiary/aromatic N) is 2. The summed E-state index contributed by atoms with van der Waals surface area (Å²) in [5, 5.41) is 11.9. The van der Waals surface area contributed by atoms with Crippen LogP contribution >= 0.6 is 46.4 Å². The lowest BCUT2D eigenvalue weighted by molar-refractivity contribution is 1.12. The average Bonchev–Trinajstić information content (AvgIpc) is 3.13. The summed E-state index contributed by atoms with van der Waals surface area (Å²) < 4.78 is 0. The third-order valence-corrected chi connectivity index (χ3v) is 6.71. The predicted molar refractivity (Wildman–Crippen MR) is 124 cm³/mol. The number of rotatable bonds is 2. The predicted octanol–water partition coefficient (Wildman–Crippen LogP) is 7.44. The number of benzene rings is 3. The summed E-state index contributed by atoms with van der Waals surface area (Å²) in [6.45, 7) is 0. The molecule has 0 bridgehead atoms. The summed E-state index contributed by atoms with van der Waals surface area (Å²) >= 11 is 24.8. The van der Waals surface area contributed by atoms with Crippen LogP contribution in [0.15, 0.2) is 36.4 Å². The summed E-state index contributed by atoms with van der Waals surface area (Å²) in [4.78, 5) is 3.42. The van der Waals surface area contributed by atoms with Gasteiger partial charge < -0.3 is 9.80 Å². The van der Waals surface area contributed by atoms with Gasteiger partial charge in [0.1, 0.15) is 0 Å². The zero-order chi connectivity index (χ0) is 20.2. The maximum absolute atomic E-state index is 8.72. The lowest BCUT2D eigenvalue weighted by atomic mass is 10.0. The van der Waals surface area contributed by atoms with E-state index in [0.29, 0.717) is 5.69 Å². The van der Waals surface area contributed by atoms with E-state index in [4.69, 9.17) is 51.8 Å². The molecule has 0 aromatic heterocycles. The Bertz CT molecular complexity index is 1160. The Morgan fingerprint density at radius 2 is 1.43 bits per heavy atom. The first kappa shape index (κ1) is 19.4. The van der Waals surface area contributed by atoms with Crippen molar-refractivity contribution >= 4 is 86.7 Å². The van der Waals surface area contributed by atoms with E-state index < -0.39 is 0 Å². The van der Waals surface area contributed by atoms with Crippen molar-refractivity contribution in [3.63, 3.8) is 0 Å². The van der Waals surface area contributed by atoms with E-state index in [-0.39, 0.29) is 26.1 Å². The van der Waals surface area contributed by atoms with E-state index >= 15 is 0 Å². The first-order valence-electron chi connectivity index (χ1n) is 8.44. The molecule has 0 radical (unpaired) electrons. The van der Waals surface area contributed by atoms with Crippen molar-refractivity contribution in [1.29, 1.82) is 5.41 Å². The van der Waals surface area contributed by atoms with Crippen LogP contribution < -0.4 is 9.80 Å². The van der Waals surface area contributed by atoms with Gasteiger partial charge in [0, 0.05) is 19.5 Å². The molecule has 3 nitrogen and oxygen atoms in total. The fourth-order valence-electron chi connectivity index (χ4n) is 3.46. The van der Waals surface area contributed by atoms with Gasteiger partial charge in [-0.3, -0.25) is 5.41 Å². The second-order valence-corrected chi connectivity index (χ2v) is 8.08. The van der Waals surface area contributed by atoms with E-state index in [1.807, 2.05) is 19.2 Å². The highest BCUT2D eigenvalue weighted by Gasteiger charge is 2.22. The maximum atomic E-state index is 8.72. The molecule has 28 heavy (non-hydrogen) atoms. The van der Waals surface area contributed by atoms with Crippen molar-refractivity contribution in [3.8, 4) is 0 Å². The molecule has 0 heterocycles. The third-order valence-electron chi connectivity index (χ3n) is 4.97. The van der Waals surface area contributed by atoms with E-state index in [0.717, 1.165) is 11.1 Å². The molecule has 1 N–H and O–H groups in total. The van der Waals surface area contributed by atoms with Crippen LogP contribution in [-0.4, -0.2) is 20.1 Å². The largest absolute Gasteiger partial charge is 0.315 e. The molecule has 0 fully saturated rings. The van der Waals surface area contributed by atoms with Crippen LogP contribution in [0.1, 0.15) is 11.1 Å². The van der Waals surface area contributed by atoms with E-state index in [1.165, 1.54) is 16.5 Å². The van der Waals surface area contributed by atoms with Crippen LogP contribution in [0.2, 0.25) is 20.1 Å². The Labute approximate surface area is 183 Å². The first-order chi connectivity index (χ1) is 13.3. The first-order valence-corrected chi connectivity index (χ1v) is 9.95. The minimum atomic E-state index is 0.171. The van der Waals surface area contributed by atoms with Gasteiger partial charge in [0.25, 0.3) is 0 Å². The van der Waals surface area contributed by atoms with Crippen LogP contribution in [-0.2, 0) is 0 Å². The Morgan fingerprint density at radius 1 is 0.786 bits per heavy atom. The number of halogens is 4. The molecule has 0 atom stereocenters. The summed E-state index contributed by atoms with van der Waals surface area (Å²) in [6.07, 6.45) is 4.22. The quantitative estimate of drug-likeness (QED) is 0.149. The Balaban J connectivity index is 1.75. The molecule has 4 rings (SSSR count). The number of anilines is 2. The Kier molecular flexibility index (Phi) is 4.96. The van der Waals surface area contributed by atoms with Crippen molar-refractivity contribution in [2.75, 3.05) is 23.9 Å². The maximum Gasteiger partial charge on any atom is 0.202 e. The Morgan fingerprint density at radius 3 is 2.14 bits per heavy atom. The van der Waals surface area contributed by atoms with Crippen LogP contribution in [0.5, 0.6) is 0 Å². The number of nitrogens with one attached hydrogen (secondary N) is 1. The monoisotopic (exact) mass is 449 g/mol. The molecule has 1 aliphatic carbocycles. The smallest absolute Gasteiger partial charge is 0.202 e. The molecule has 0 saturated carbocycles. The van der Waals surface area contributed by atoms with Gasteiger partial charge >= 0.3 is 0 Å². The molecule has 0 spiro atoms. The number of hydrogen-bond acceptors (Lipinski definition) is 1. The van der Waals surface area contributed by atoms with Gasteiger partial charge in [0.15, 0.2) is 0 Å². The zero-order valence-corrected chi connectivity index (χ0v) is 18.0. The molecular formula is C21H15Cl4N3. The molecule has 7 heteroatoms. The minimum Gasteiger partial charge on any atom is -0.315 e. The van der Waals surface area contributed by atoms with Crippen LogP contribution in [0.4, 0.5) is 11.4 Å². The Hall–Kier alpha value is -1.91. The van der Waals surface area contributed by atoms with Crippen LogP contribution in [0.25, 0.3) is 22.9 Å². The summed E-state index contributed by atoms with van der Waals surface area (Å²) in [5.41, 5.74) is 3.79. The second-order valence-electron chi connectivity index (χ2n) is 6.54. The van der Waals surface area contributed by atoms with Gasteiger partial charge in [-0.05, 0) is 28.6 Å². The summed E-state index contributed by atoms with van der Waals surface area (Å²) in [6, 6.07) is 11.9. The van der Waals surface area contributed by atoms with E-state index in [2.05, 4.69) is 30.4 Å². The minimum absolute atomic E-state index is 0.171. The number of guanidine groups is 1. The van der Waals surface area contributed by atoms with Gasteiger partial charge in [-0.15, -0.1) is 0 Å². The average molecular weight is 451 g/mol. The molecule has 0 aliphatic heterocycles. The van der Waals surface area contributed by atoms with Crippen LogP contribution in [0.3, 0.4) is 0 Å². The molecule has 142 valence electrons. The standard InChI is InChI=1S/C21H15Cl4N3/c1-27(15-9-8-12-7-6-11-4-3-5-13(15)17(11)12)21(26)28(2)16-10-14(22)18(23)20(25)19(16)24/h3-10,26H,1-2H3. The zero-order valence-electron chi connectivity index (χ0n) is 15.0. The third kappa shape index (κ3) is 2.94. The van der Waals surface area contributed by atoms with Gasteiger partial charge in [0.05, 0.1) is 31.5 Å².